The average molecular weight is 602 g/mol. The molecule has 1 heterocycles. The van der Waals surface area contributed by atoms with Gasteiger partial charge in [0, 0.05) is 30.1 Å². The van der Waals surface area contributed by atoms with Gasteiger partial charge >= 0.3 is 12.1 Å². The van der Waals surface area contributed by atoms with Crippen molar-refractivity contribution in [2.75, 3.05) is 19.8 Å². The number of rotatable bonds is 12. The maximum atomic E-state index is 14.0. The maximum Gasteiger partial charge on any atom is 0.408 e. The number of amides is 2. The van der Waals surface area contributed by atoms with Gasteiger partial charge in [-0.2, -0.15) is 0 Å². The minimum absolute atomic E-state index is 0.0952. The molecule has 1 aromatic heterocycles. The van der Waals surface area contributed by atoms with E-state index in [1.54, 1.807) is 13.8 Å². The second-order valence-electron chi connectivity index (χ2n) is 13.0. The third-order valence-electron chi connectivity index (χ3n) is 9.81. The zero-order valence-electron chi connectivity index (χ0n) is 25.6. The van der Waals surface area contributed by atoms with E-state index in [-0.39, 0.29) is 38.2 Å². The number of carbonyl (C=O) groups is 3. The average Bonchev–Trinajstić information content (AvgIpc) is 3.41. The first-order valence-corrected chi connectivity index (χ1v) is 16.0. The van der Waals surface area contributed by atoms with Crippen LogP contribution in [-0.4, -0.2) is 54.4 Å². The first-order chi connectivity index (χ1) is 21.3. The SMILES string of the molecule is CCOC(=O)CO[C@@H](CNC(=O)[C@@](C)(Cc1c[nH]c2ccccc12)NC(=O)OC1C2CC3CC(C2)CC1C3)c1ccccc1. The van der Waals surface area contributed by atoms with E-state index >= 15 is 0 Å². The Kier molecular flexibility index (Phi) is 8.93. The van der Waals surface area contributed by atoms with Gasteiger partial charge in [-0.25, -0.2) is 9.59 Å². The van der Waals surface area contributed by atoms with Gasteiger partial charge in [-0.15, -0.1) is 0 Å². The summed E-state index contributed by atoms with van der Waals surface area (Å²) in [6.45, 7) is 3.58. The highest BCUT2D eigenvalue weighted by Crippen LogP contribution is 2.54. The molecule has 4 saturated carbocycles. The molecule has 234 valence electrons. The molecule has 3 N–H and O–H groups in total. The quantitative estimate of drug-likeness (QED) is 0.238. The number of aromatic amines is 1. The molecule has 44 heavy (non-hydrogen) atoms. The van der Waals surface area contributed by atoms with Gasteiger partial charge in [0.2, 0.25) is 5.91 Å². The highest BCUT2D eigenvalue weighted by molar-refractivity contribution is 5.91. The van der Waals surface area contributed by atoms with Crippen LogP contribution in [0.4, 0.5) is 4.79 Å². The number of carbonyl (C=O) groups excluding carboxylic acids is 3. The van der Waals surface area contributed by atoms with Crippen molar-refractivity contribution in [2.24, 2.45) is 23.7 Å². The van der Waals surface area contributed by atoms with Crippen LogP contribution >= 0.6 is 0 Å². The number of hydrogen-bond donors (Lipinski definition) is 3. The number of para-hydroxylation sites is 1. The highest BCUT2D eigenvalue weighted by atomic mass is 16.6. The normalized spacial score (nSPS) is 25.6. The zero-order chi connectivity index (χ0) is 30.7. The van der Waals surface area contributed by atoms with Crippen LogP contribution in [0.25, 0.3) is 10.9 Å². The van der Waals surface area contributed by atoms with Crippen LogP contribution in [-0.2, 0) is 30.2 Å². The molecule has 2 aromatic carbocycles. The third kappa shape index (κ3) is 6.62. The number of aromatic nitrogens is 1. The van der Waals surface area contributed by atoms with E-state index in [1.807, 2.05) is 60.8 Å². The van der Waals surface area contributed by atoms with Crippen LogP contribution in [0.5, 0.6) is 0 Å². The van der Waals surface area contributed by atoms with Crippen molar-refractivity contribution in [3.63, 3.8) is 0 Å². The minimum Gasteiger partial charge on any atom is -0.464 e. The summed E-state index contributed by atoms with van der Waals surface area (Å²) in [6, 6.07) is 17.3. The molecule has 4 aliphatic carbocycles. The second kappa shape index (κ2) is 13.0. The van der Waals surface area contributed by atoms with Gasteiger partial charge in [-0.05, 0) is 86.8 Å². The van der Waals surface area contributed by atoms with Crippen LogP contribution in [0.3, 0.4) is 0 Å². The van der Waals surface area contributed by atoms with E-state index in [4.69, 9.17) is 14.2 Å². The monoisotopic (exact) mass is 601 g/mol. The van der Waals surface area contributed by atoms with E-state index in [0.29, 0.717) is 11.8 Å². The lowest BCUT2D eigenvalue weighted by Gasteiger charge is -2.53. The fourth-order valence-corrected chi connectivity index (χ4v) is 7.98. The number of fused-ring (bicyclic) bond motifs is 1. The topological polar surface area (TPSA) is 119 Å². The predicted molar refractivity (Wildman–Crippen MR) is 166 cm³/mol. The van der Waals surface area contributed by atoms with Gasteiger partial charge in [0.1, 0.15) is 24.4 Å². The molecule has 4 fully saturated rings. The molecule has 2 amide bonds. The fourth-order valence-electron chi connectivity index (χ4n) is 7.98. The van der Waals surface area contributed by atoms with E-state index in [9.17, 15) is 14.4 Å². The Hall–Kier alpha value is -3.85. The highest BCUT2D eigenvalue weighted by Gasteiger charge is 2.50. The second-order valence-corrected chi connectivity index (χ2v) is 13.0. The van der Waals surface area contributed by atoms with E-state index in [2.05, 4.69) is 15.6 Å². The lowest BCUT2D eigenvalue weighted by atomic mass is 9.55. The Morgan fingerprint density at radius 2 is 1.64 bits per heavy atom. The Labute approximate surface area is 258 Å². The number of nitrogens with one attached hydrogen (secondary N) is 3. The summed E-state index contributed by atoms with van der Waals surface area (Å²) in [5.41, 5.74) is 1.35. The summed E-state index contributed by atoms with van der Waals surface area (Å²) >= 11 is 0. The van der Waals surface area contributed by atoms with Gasteiger partial charge in [-0.3, -0.25) is 4.79 Å². The Balaban J connectivity index is 1.18. The molecule has 0 spiro atoms. The smallest absolute Gasteiger partial charge is 0.408 e. The lowest BCUT2D eigenvalue weighted by molar-refractivity contribution is -0.150. The molecule has 0 unspecified atom stereocenters. The summed E-state index contributed by atoms with van der Waals surface area (Å²) in [4.78, 5) is 42.9. The predicted octanol–water partition coefficient (Wildman–Crippen LogP) is 5.46. The number of ether oxygens (including phenoxy) is 3. The number of benzene rings is 2. The first-order valence-electron chi connectivity index (χ1n) is 16.0. The Morgan fingerprint density at radius 3 is 2.34 bits per heavy atom. The molecule has 4 bridgehead atoms. The molecule has 0 radical (unpaired) electrons. The molecule has 3 aromatic rings. The minimum atomic E-state index is -1.32. The fraction of sp³-hybridized carbons (Fsp3) is 0.514. The summed E-state index contributed by atoms with van der Waals surface area (Å²) in [7, 11) is 0. The molecular formula is C35H43N3O6. The standard InChI is InChI=1S/C35H43N3O6/c1-3-42-31(39)21-43-30(24-9-5-4-6-10-24)20-37-33(40)35(2,18-27-19-36-29-12-8-7-11-28(27)29)38-34(41)44-32-25-14-22-13-23(16-25)17-26(32)15-22/h4-12,19,22-23,25-26,30,32,36H,3,13-18,20-21H2,1-2H3,(H,37,40)(H,38,41)/t22?,23?,25?,26?,30-,32?,35+/m0/s1. The molecule has 0 aliphatic heterocycles. The molecule has 7 rings (SSSR count). The van der Waals surface area contributed by atoms with E-state index < -0.39 is 23.7 Å². The molecule has 0 saturated heterocycles. The van der Waals surface area contributed by atoms with Crippen LogP contribution in [0.1, 0.15) is 63.2 Å². The number of esters is 1. The van der Waals surface area contributed by atoms with Crippen LogP contribution in [0.2, 0.25) is 0 Å². The molecule has 4 aliphatic rings. The van der Waals surface area contributed by atoms with Crippen molar-refractivity contribution >= 4 is 28.9 Å². The molecule has 9 nitrogen and oxygen atoms in total. The third-order valence-corrected chi connectivity index (χ3v) is 9.81. The Morgan fingerprint density at radius 1 is 0.955 bits per heavy atom. The lowest BCUT2D eigenvalue weighted by Crippen LogP contribution is -2.60. The summed E-state index contributed by atoms with van der Waals surface area (Å²) in [5.74, 6) is 1.51. The van der Waals surface area contributed by atoms with Crippen LogP contribution in [0, 0.1) is 23.7 Å². The van der Waals surface area contributed by atoms with Gasteiger partial charge in [0.15, 0.2) is 0 Å². The zero-order valence-corrected chi connectivity index (χ0v) is 25.6. The maximum absolute atomic E-state index is 14.0. The number of hydrogen-bond acceptors (Lipinski definition) is 6. The largest absolute Gasteiger partial charge is 0.464 e. The van der Waals surface area contributed by atoms with Crippen molar-refractivity contribution in [1.82, 2.24) is 15.6 Å². The van der Waals surface area contributed by atoms with Gasteiger partial charge in [0.05, 0.1) is 6.61 Å². The van der Waals surface area contributed by atoms with Crippen LogP contribution < -0.4 is 10.6 Å². The van der Waals surface area contributed by atoms with E-state index in [0.717, 1.165) is 59.5 Å². The molecule has 2 atom stereocenters. The van der Waals surface area contributed by atoms with Crippen molar-refractivity contribution < 1.29 is 28.6 Å². The van der Waals surface area contributed by atoms with Crippen molar-refractivity contribution in [3.05, 3.63) is 71.9 Å². The summed E-state index contributed by atoms with van der Waals surface area (Å²) in [5, 5.41) is 6.97. The van der Waals surface area contributed by atoms with Gasteiger partial charge < -0.3 is 29.8 Å². The van der Waals surface area contributed by atoms with Gasteiger partial charge in [0.25, 0.3) is 0 Å². The van der Waals surface area contributed by atoms with Crippen LogP contribution in [0.15, 0.2) is 60.8 Å². The van der Waals surface area contributed by atoms with Crippen molar-refractivity contribution in [3.8, 4) is 0 Å². The summed E-state index contributed by atoms with van der Waals surface area (Å²) < 4.78 is 17.1. The van der Waals surface area contributed by atoms with E-state index in [1.165, 1.54) is 6.42 Å². The number of H-pyrrole nitrogens is 1. The van der Waals surface area contributed by atoms with Gasteiger partial charge in [-0.1, -0.05) is 48.5 Å². The number of alkyl carbamates (subject to hydrolysis) is 1. The first kappa shape index (κ1) is 30.2. The molecular weight excluding hydrogens is 558 g/mol. The van der Waals surface area contributed by atoms with Crippen molar-refractivity contribution in [2.45, 2.75) is 70.1 Å². The summed E-state index contributed by atoms with van der Waals surface area (Å²) in [6.07, 6.45) is 6.73. The molecule has 9 heteroatoms. The Bertz CT molecular complexity index is 1440. The van der Waals surface area contributed by atoms with Crippen molar-refractivity contribution in [1.29, 1.82) is 0 Å².